The van der Waals surface area contributed by atoms with E-state index in [-0.39, 0.29) is 57.1 Å². The van der Waals surface area contributed by atoms with E-state index < -0.39 is 34.3 Å². The summed E-state index contributed by atoms with van der Waals surface area (Å²) in [5.41, 5.74) is 0.0936. The highest BCUT2D eigenvalue weighted by molar-refractivity contribution is 7.92. The van der Waals surface area contributed by atoms with Gasteiger partial charge in [-0.05, 0) is 73.4 Å². The number of hydrogen-bond acceptors (Lipinski definition) is 8. The molecule has 1 heterocycles. The van der Waals surface area contributed by atoms with Gasteiger partial charge in [0.2, 0.25) is 10.0 Å². The lowest BCUT2D eigenvalue weighted by Crippen LogP contribution is -2.18. The Bertz CT molecular complexity index is 1730. The van der Waals surface area contributed by atoms with Crippen molar-refractivity contribution in [3.05, 3.63) is 79.7 Å². The van der Waals surface area contributed by atoms with Crippen LogP contribution in [0.4, 0.5) is 14.5 Å². The van der Waals surface area contributed by atoms with E-state index in [9.17, 15) is 26.8 Å². The van der Waals surface area contributed by atoms with E-state index in [0.29, 0.717) is 24.0 Å². The molecule has 0 radical (unpaired) electrons. The van der Waals surface area contributed by atoms with Crippen molar-refractivity contribution < 1.29 is 40.9 Å². The number of carbonyl (C=O) groups is 1. The first-order valence-corrected chi connectivity index (χ1v) is 16.7. The Kier molecular flexibility index (Phi) is 10.1. The summed E-state index contributed by atoms with van der Waals surface area (Å²) < 4.78 is 74.7. The van der Waals surface area contributed by atoms with Gasteiger partial charge in [-0.2, -0.15) is 8.78 Å². The predicted octanol–water partition coefficient (Wildman–Crippen LogP) is 6.37. The number of esters is 1. The number of benzene rings is 2. The highest BCUT2D eigenvalue weighted by Crippen LogP contribution is 2.38. The zero-order chi connectivity index (χ0) is 32.3. The van der Waals surface area contributed by atoms with E-state index in [4.69, 9.17) is 37.4 Å². The van der Waals surface area contributed by atoms with Gasteiger partial charge in [-0.15, -0.1) is 0 Å². The van der Waals surface area contributed by atoms with Crippen LogP contribution in [-0.2, 0) is 21.2 Å². The molecule has 45 heavy (non-hydrogen) atoms. The minimum absolute atomic E-state index is 0.0239. The van der Waals surface area contributed by atoms with Crippen LogP contribution in [-0.4, -0.2) is 45.5 Å². The van der Waals surface area contributed by atoms with Gasteiger partial charge in [-0.1, -0.05) is 29.3 Å². The zero-order valence-corrected chi connectivity index (χ0v) is 26.3. The molecule has 0 bridgehead atoms. The number of H-pyrrole nitrogens is 1. The first-order chi connectivity index (χ1) is 21.4. The topological polar surface area (TPSA) is 133 Å². The van der Waals surface area contributed by atoms with E-state index >= 15 is 0 Å². The summed E-state index contributed by atoms with van der Waals surface area (Å²) in [7, 11) is -3.65. The summed E-state index contributed by atoms with van der Waals surface area (Å²) in [5, 5.41) is -0.103. The van der Waals surface area contributed by atoms with E-state index in [1.165, 1.54) is 42.6 Å². The number of pyridine rings is 1. The van der Waals surface area contributed by atoms with Gasteiger partial charge >= 0.3 is 12.6 Å². The van der Waals surface area contributed by atoms with Gasteiger partial charge in [0.05, 0.1) is 35.7 Å². The molecule has 0 saturated heterocycles. The number of ether oxygens (including phenoxy) is 4. The number of halogens is 4. The van der Waals surface area contributed by atoms with Crippen LogP contribution in [0.15, 0.2) is 47.4 Å². The lowest BCUT2D eigenvalue weighted by atomic mass is 10.0. The highest BCUT2D eigenvalue weighted by atomic mass is 35.5. The SMILES string of the molecule is CS(=O)(=O)Nc1ccc(C(=O)O[C@@H](Cc2c(Cl)c[nH]c(=O)c2Cl)c2ccc(OC(F)F)c(OCC3CC3)c2)cc1OCC1CC1. The lowest BCUT2D eigenvalue weighted by Gasteiger charge is -2.22. The van der Waals surface area contributed by atoms with Crippen molar-refractivity contribution in [3.8, 4) is 17.2 Å². The summed E-state index contributed by atoms with van der Waals surface area (Å²) in [4.78, 5) is 28.2. The Hall–Kier alpha value is -3.55. The number of aromatic nitrogens is 1. The summed E-state index contributed by atoms with van der Waals surface area (Å²) in [6.45, 7) is -2.47. The van der Waals surface area contributed by atoms with E-state index in [1.54, 1.807) is 0 Å². The molecule has 2 fully saturated rings. The van der Waals surface area contributed by atoms with Crippen LogP contribution in [0.25, 0.3) is 0 Å². The van der Waals surface area contributed by atoms with Crippen LogP contribution in [0.3, 0.4) is 0 Å². The molecule has 0 aliphatic heterocycles. The summed E-state index contributed by atoms with van der Waals surface area (Å²) in [6.07, 6.45) is 4.83. The van der Waals surface area contributed by atoms with E-state index in [2.05, 4.69) is 14.4 Å². The van der Waals surface area contributed by atoms with Crippen LogP contribution in [0.5, 0.6) is 17.2 Å². The standard InChI is InChI=1S/C30H30Cl2F2N2O8S/c1-45(39,40)36-22-8-6-19(11-25(22)41-14-16-2-3-16)29(38)43-24(12-20-21(31)13-35-28(37)27(20)32)18-7-9-23(44-30(33)34)26(10-18)42-15-17-4-5-17/h6-11,13,16-17,24,30,36H,2-5,12,14-15H2,1H3,(H,35,37)/t24-/m0/s1. The van der Waals surface area contributed by atoms with Crippen molar-refractivity contribution in [3.63, 3.8) is 0 Å². The maximum Gasteiger partial charge on any atom is 0.387 e. The summed E-state index contributed by atoms with van der Waals surface area (Å²) >= 11 is 12.6. The van der Waals surface area contributed by atoms with Crippen molar-refractivity contribution in [1.29, 1.82) is 0 Å². The van der Waals surface area contributed by atoms with Gasteiger partial charge in [0.1, 0.15) is 16.9 Å². The van der Waals surface area contributed by atoms with Gasteiger partial charge < -0.3 is 23.9 Å². The van der Waals surface area contributed by atoms with Crippen LogP contribution in [0, 0.1) is 11.8 Å². The molecule has 2 saturated carbocycles. The van der Waals surface area contributed by atoms with Crippen LogP contribution < -0.4 is 24.5 Å². The molecule has 10 nitrogen and oxygen atoms in total. The fourth-order valence-corrected chi connectivity index (χ4v) is 5.46. The molecule has 0 amide bonds. The van der Waals surface area contributed by atoms with Gasteiger partial charge in [0.15, 0.2) is 11.5 Å². The number of alkyl halides is 2. The predicted molar refractivity (Wildman–Crippen MR) is 163 cm³/mol. The van der Waals surface area contributed by atoms with Crippen LogP contribution in [0.2, 0.25) is 10.0 Å². The monoisotopic (exact) mass is 686 g/mol. The minimum Gasteiger partial charge on any atom is -0.491 e. The maximum absolute atomic E-state index is 13.6. The molecule has 3 aromatic rings. The highest BCUT2D eigenvalue weighted by Gasteiger charge is 2.28. The minimum atomic E-state index is -3.65. The number of carbonyl (C=O) groups excluding carboxylic acids is 1. The normalized spacial score (nSPS) is 15.4. The second-order valence-corrected chi connectivity index (χ2v) is 13.6. The van der Waals surface area contributed by atoms with E-state index in [0.717, 1.165) is 31.9 Å². The first-order valence-electron chi connectivity index (χ1n) is 14.1. The Morgan fingerprint density at radius 3 is 2.29 bits per heavy atom. The largest absolute Gasteiger partial charge is 0.491 e. The maximum atomic E-state index is 13.6. The second kappa shape index (κ2) is 13.8. The molecule has 1 atom stereocenters. The summed E-state index contributed by atoms with van der Waals surface area (Å²) in [5.74, 6) is -0.218. The molecule has 1 aromatic heterocycles. The Labute approximate surface area is 268 Å². The van der Waals surface area contributed by atoms with Gasteiger partial charge in [0, 0.05) is 18.2 Å². The van der Waals surface area contributed by atoms with Crippen molar-refractivity contribution >= 4 is 44.9 Å². The van der Waals surface area contributed by atoms with Crippen LogP contribution in [0.1, 0.15) is 53.3 Å². The fraction of sp³-hybridized carbons (Fsp3) is 0.400. The number of rotatable bonds is 15. The van der Waals surface area contributed by atoms with Crippen molar-refractivity contribution in [1.82, 2.24) is 4.98 Å². The molecule has 0 unspecified atom stereocenters. The number of aromatic amines is 1. The fourth-order valence-electron chi connectivity index (χ4n) is 4.39. The number of anilines is 1. The molecule has 2 aliphatic carbocycles. The average Bonchev–Trinajstić information content (AvgIpc) is 3.90. The molecule has 2 N–H and O–H groups in total. The third-order valence-corrected chi connectivity index (χ3v) is 8.46. The van der Waals surface area contributed by atoms with Crippen molar-refractivity contribution in [2.24, 2.45) is 11.8 Å². The Balaban J connectivity index is 1.48. The molecule has 242 valence electrons. The van der Waals surface area contributed by atoms with Crippen molar-refractivity contribution in [2.75, 3.05) is 24.2 Å². The second-order valence-electron chi connectivity index (χ2n) is 11.0. The van der Waals surface area contributed by atoms with Gasteiger partial charge in [-0.3, -0.25) is 9.52 Å². The molecule has 15 heteroatoms. The van der Waals surface area contributed by atoms with Crippen molar-refractivity contribution in [2.45, 2.75) is 44.8 Å². The van der Waals surface area contributed by atoms with E-state index in [1.807, 2.05) is 0 Å². The number of nitrogens with one attached hydrogen (secondary N) is 2. The number of sulfonamides is 1. The Morgan fingerprint density at radius 1 is 1.00 bits per heavy atom. The van der Waals surface area contributed by atoms with Crippen LogP contribution >= 0.6 is 23.2 Å². The third-order valence-electron chi connectivity index (χ3n) is 7.13. The van der Waals surface area contributed by atoms with Gasteiger partial charge in [-0.25, -0.2) is 13.2 Å². The quantitative estimate of drug-likeness (QED) is 0.176. The molecule has 2 aliphatic rings. The summed E-state index contributed by atoms with van der Waals surface area (Å²) in [6, 6.07) is 8.26. The lowest BCUT2D eigenvalue weighted by molar-refractivity contribution is -0.0515. The molecule has 2 aromatic carbocycles. The first kappa shape index (κ1) is 32.8. The molecular weight excluding hydrogens is 657 g/mol. The number of hydrogen-bond donors (Lipinski definition) is 2. The van der Waals surface area contributed by atoms with Gasteiger partial charge in [0.25, 0.3) is 5.56 Å². The average molecular weight is 688 g/mol. The molecule has 0 spiro atoms. The Morgan fingerprint density at radius 2 is 1.67 bits per heavy atom. The zero-order valence-electron chi connectivity index (χ0n) is 24.0. The molecule has 5 rings (SSSR count). The molecular formula is C30H30Cl2F2N2O8S. The third kappa shape index (κ3) is 9.24. The smallest absolute Gasteiger partial charge is 0.387 e.